The maximum atomic E-state index is 13.1. The third kappa shape index (κ3) is 3.98. The van der Waals surface area contributed by atoms with Gasteiger partial charge in [0.2, 0.25) is 0 Å². The van der Waals surface area contributed by atoms with Crippen molar-refractivity contribution in [3.63, 3.8) is 0 Å². The van der Waals surface area contributed by atoms with Crippen LogP contribution in [-0.4, -0.2) is 22.5 Å². The molecule has 0 spiro atoms. The zero-order valence-electron chi connectivity index (χ0n) is 16.5. The van der Waals surface area contributed by atoms with Crippen LogP contribution in [0.3, 0.4) is 0 Å². The Hall–Kier alpha value is -3.77. The number of nitro benzene ring substituents is 1. The molecule has 0 aliphatic heterocycles. The zero-order chi connectivity index (χ0) is 22.0. The number of pyridine rings is 1. The van der Waals surface area contributed by atoms with Gasteiger partial charge in [0.1, 0.15) is 0 Å². The largest absolute Gasteiger partial charge is 0.462 e. The molecule has 4 rings (SSSR count). The van der Waals surface area contributed by atoms with Gasteiger partial charge in [-0.25, -0.2) is 9.78 Å². The Balaban J connectivity index is 2.10. The van der Waals surface area contributed by atoms with E-state index in [1.54, 1.807) is 37.3 Å². The average Bonchev–Trinajstić information content (AvgIpc) is 2.78. The fraction of sp³-hybridized carbons (Fsp3) is 0.0833. The Morgan fingerprint density at radius 1 is 1.03 bits per heavy atom. The van der Waals surface area contributed by atoms with Crippen LogP contribution in [0.5, 0.6) is 0 Å². The molecule has 0 N–H and O–H groups in total. The Kier molecular flexibility index (Phi) is 5.64. The van der Waals surface area contributed by atoms with E-state index >= 15 is 0 Å². The number of halogens is 1. The number of nitro groups is 1. The summed E-state index contributed by atoms with van der Waals surface area (Å²) in [5.41, 5.74) is 3.31. The summed E-state index contributed by atoms with van der Waals surface area (Å²) in [5.74, 6) is -0.524. The van der Waals surface area contributed by atoms with Crippen molar-refractivity contribution in [2.75, 3.05) is 6.61 Å². The van der Waals surface area contributed by atoms with E-state index in [0.717, 1.165) is 5.56 Å². The summed E-state index contributed by atoms with van der Waals surface area (Å²) in [6.07, 6.45) is 0. The van der Waals surface area contributed by atoms with Crippen molar-refractivity contribution in [3.05, 3.63) is 93.5 Å². The first-order valence-electron chi connectivity index (χ1n) is 9.60. The van der Waals surface area contributed by atoms with E-state index in [1.807, 2.05) is 30.3 Å². The van der Waals surface area contributed by atoms with E-state index in [4.69, 9.17) is 21.3 Å². The van der Waals surface area contributed by atoms with Gasteiger partial charge in [0.25, 0.3) is 5.69 Å². The fourth-order valence-corrected chi connectivity index (χ4v) is 3.66. The summed E-state index contributed by atoms with van der Waals surface area (Å²) in [7, 11) is 0. The number of aromatic nitrogens is 1. The average molecular weight is 433 g/mol. The van der Waals surface area contributed by atoms with Crippen molar-refractivity contribution < 1.29 is 14.5 Å². The quantitative estimate of drug-likeness (QED) is 0.210. The van der Waals surface area contributed by atoms with Gasteiger partial charge in [0, 0.05) is 33.7 Å². The smallest absolute Gasteiger partial charge is 0.341 e. The van der Waals surface area contributed by atoms with Crippen LogP contribution in [-0.2, 0) is 4.74 Å². The second-order valence-corrected chi connectivity index (χ2v) is 7.20. The molecule has 154 valence electrons. The lowest BCUT2D eigenvalue weighted by Crippen LogP contribution is -2.10. The Labute approximate surface area is 183 Å². The number of carbonyl (C=O) groups excluding carboxylic acids is 1. The first-order chi connectivity index (χ1) is 15.0. The highest BCUT2D eigenvalue weighted by Crippen LogP contribution is 2.38. The minimum absolute atomic E-state index is 0.0442. The molecule has 4 aromatic rings. The molecule has 0 atom stereocenters. The molecule has 0 saturated heterocycles. The van der Waals surface area contributed by atoms with Crippen molar-refractivity contribution in [3.8, 4) is 22.4 Å². The number of rotatable bonds is 5. The predicted molar refractivity (Wildman–Crippen MR) is 120 cm³/mol. The molecule has 0 aliphatic carbocycles. The van der Waals surface area contributed by atoms with Gasteiger partial charge in [-0.2, -0.15) is 0 Å². The number of carbonyl (C=O) groups is 1. The van der Waals surface area contributed by atoms with Gasteiger partial charge in [-0.15, -0.1) is 0 Å². The summed E-state index contributed by atoms with van der Waals surface area (Å²) in [6, 6.07) is 20.7. The van der Waals surface area contributed by atoms with Crippen molar-refractivity contribution in [1.82, 2.24) is 4.98 Å². The fourth-order valence-electron chi connectivity index (χ4n) is 3.49. The minimum Gasteiger partial charge on any atom is -0.462 e. The van der Waals surface area contributed by atoms with E-state index in [-0.39, 0.29) is 17.9 Å². The molecule has 0 bridgehead atoms. The van der Waals surface area contributed by atoms with Gasteiger partial charge < -0.3 is 4.74 Å². The zero-order valence-corrected chi connectivity index (χ0v) is 17.3. The van der Waals surface area contributed by atoms with Crippen molar-refractivity contribution >= 4 is 34.2 Å². The molecule has 0 unspecified atom stereocenters. The maximum absolute atomic E-state index is 13.1. The van der Waals surface area contributed by atoms with E-state index < -0.39 is 10.9 Å². The van der Waals surface area contributed by atoms with E-state index in [9.17, 15) is 14.9 Å². The number of ether oxygens (including phenoxy) is 1. The molecule has 1 heterocycles. The first-order valence-corrected chi connectivity index (χ1v) is 9.98. The summed E-state index contributed by atoms with van der Waals surface area (Å²) in [4.78, 5) is 28.4. The van der Waals surface area contributed by atoms with Crippen molar-refractivity contribution in [2.24, 2.45) is 0 Å². The lowest BCUT2D eigenvalue weighted by atomic mass is 9.92. The highest BCUT2D eigenvalue weighted by Gasteiger charge is 2.25. The normalized spacial score (nSPS) is 10.8. The van der Waals surface area contributed by atoms with Gasteiger partial charge in [-0.05, 0) is 42.8 Å². The molecule has 0 fully saturated rings. The number of hydrogen-bond donors (Lipinski definition) is 0. The molecule has 0 aliphatic rings. The second kappa shape index (κ2) is 8.53. The number of hydrogen-bond acceptors (Lipinski definition) is 5. The van der Waals surface area contributed by atoms with Crippen LogP contribution in [0, 0.1) is 10.1 Å². The monoisotopic (exact) mass is 432 g/mol. The van der Waals surface area contributed by atoms with Crippen LogP contribution in [0.4, 0.5) is 5.69 Å². The molecule has 6 nitrogen and oxygen atoms in total. The highest BCUT2D eigenvalue weighted by atomic mass is 35.5. The number of fused-ring (bicyclic) bond motifs is 1. The molecule has 0 amide bonds. The minimum atomic E-state index is -0.524. The molecule has 0 saturated carbocycles. The predicted octanol–water partition coefficient (Wildman–Crippen LogP) is 6.31. The molecule has 3 aromatic carbocycles. The SMILES string of the molecule is CCOC(=O)c1c(-c2ccc([N+](=O)[O-])cc2)nc2ccc(Cl)cc2c1-c1ccccc1. The third-order valence-electron chi connectivity index (χ3n) is 4.84. The van der Waals surface area contributed by atoms with Gasteiger partial charge in [-0.3, -0.25) is 10.1 Å². The molecule has 31 heavy (non-hydrogen) atoms. The van der Waals surface area contributed by atoms with Crippen molar-refractivity contribution in [1.29, 1.82) is 0 Å². The van der Waals surface area contributed by atoms with Gasteiger partial charge in [-0.1, -0.05) is 41.9 Å². The van der Waals surface area contributed by atoms with Crippen molar-refractivity contribution in [2.45, 2.75) is 6.92 Å². The van der Waals surface area contributed by atoms with E-state index in [0.29, 0.717) is 32.7 Å². The maximum Gasteiger partial charge on any atom is 0.341 e. The molecule has 7 heteroatoms. The van der Waals surface area contributed by atoms with E-state index in [1.165, 1.54) is 12.1 Å². The lowest BCUT2D eigenvalue weighted by Gasteiger charge is -2.17. The Bertz CT molecular complexity index is 1290. The topological polar surface area (TPSA) is 82.3 Å². The van der Waals surface area contributed by atoms with Crippen LogP contribution >= 0.6 is 11.6 Å². The van der Waals surface area contributed by atoms with Gasteiger partial charge in [0.05, 0.1) is 28.3 Å². The summed E-state index contributed by atoms with van der Waals surface area (Å²) >= 11 is 6.27. The number of nitrogens with zero attached hydrogens (tertiary/aromatic N) is 2. The highest BCUT2D eigenvalue weighted by molar-refractivity contribution is 6.31. The van der Waals surface area contributed by atoms with Gasteiger partial charge >= 0.3 is 5.97 Å². The standard InChI is InChI=1S/C24H17ClN2O4/c1-2-31-24(28)22-21(15-6-4-3-5-7-15)19-14-17(25)10-13-20(19)26-23(22)16-8-11-18(12-9-16)27(29)30/h3-14H,2H2,1H3. The summed E-state index contributed by atoms with van der Waals surface area (Å²) < 4.78 is 5.37. The Morgan fingerprint density at radius 3 is 2.39 bits per heavy atom. The number of esters is 1. The lowest BCUT2D eigenvalue weighted by molar-refractivity contribution is -0.384. The van der Waals surface area contributed by atoms with Crippen LogP contribution in [0.2, 0.25) is 5.02 Å². The van der Waals surface area contributed by atoms with Crippen LogP contribution in [0.25, 0.3) is 33.3 Å². The second-order valence-electron chi connectivity index (χ2n) is 6.76. The van der Waals surface area contributed by atoms with Crippen LogP contribution < -0.4 is 0 Å². The molecule has 1 aromatic heterocycles. The van der Waals surface area contributed by atoms with E-state index in [2.05, 4.69) is 0 Å². The number of non-ortho nitro benzene ring substituents is 1. The molecule has 0 radical (unpaired) electrons. The molecular weight excluding hydrogens is 416 g/mol. The summed E-state index contributed by atoms with van der Waals surface area (Å²) in [5, 5.41) is 12.3. The molecular formula is C24H17ClN2O4. The summed E-state index contributed by atoms with van der Waals surface area (Å²) in [6.45, 7) is 1.93. The third-order valence-corrected chi connectivity index (χ3v) is 5.08. The van der Waals surface area contributed by atoms with Gasteiger partial charge in [0.15, 0.2) is 0 Å². The van der Waals surface area contributed by atoms with Crippen LogP contribution in [0.15, 0.2) is 72.8 Å². The first kappa shape index (κ1) is 20.5. The van der Waals surface area contributed by atoms with Crippen LogP contribution in [0.1, 0.15) is 17.3 Å². The number of benzene rings is 3. The Morgan fingerprint density at radius 2 is 1.74 bits per heavy atom.